The van der Waals surface area contributed by atoms with Gasteiger partial charge in [0, 0.05) is 37.1 Å². The smallest absolute Gasteiger partial charge is 0.407 e. The average molecular weight is 299 g/mol. The Kier molecular flexibility index (Phi) is 7.28. The van der Waals surface area contributed by atoms with Gasteiger partial charge in [0.15, 0.2) is 0 Å². The van der Waals surface area contributed by atoms with E-state index in [4.69, 9.17) is 15.0 Å². The molecule has 0 unspecified atom stereocenters. The second-order valence-corrected chi connectivity index (χ2v) is 6.00. The van der Waals surface area contributed by atoms with Gasteiger partial charge in [0.1, 0.15) is 5.60 Å². The van der Waals surface area contributed by atoms with Crippen molar-refractivity contribution in [1.82, 2.24) is 10.2 Å². The van der Waals surface area contributed by atoms with Crippen molar-refractivity contribution < 1.29 is 14.3 Å². The van der Waals surface area contributed by atoms with E-state index in [1.165, 1.54) is 0 Å². The SMILES string of the molecule is CC(C)(C)OC(=O)N[C@@H]1CCN(CCOCCN=[N+]=[N-])C1. The van der Waals surface area contributed by atoms with Crippen molar-refractivity contribution in [3.8, 4) is 0 Å². The van der Waals surface area contributed by atoms with Crippen LogP contribution >= 0.6 is 0 Å². The van der Waals surface area contributed by atoms with Gasteiger partial charge in [-0.1, -0.05) is 5.11 Å². The summed E-state index contributed by atoms with van der Waals surface area (Å²) in [4.78, 5) is 16.6. The summed E-state index contributed by atoms with van der Waals surface area (Å²) < 4.78 is 10.6. The fraction of sp³-hybridized carbons (Fsp3) is 0.923. The molecule has 8 nitrogen and oxygen atoms in total. The number of nitrogens with one attached hydrogen (secondary N) is 1. The van der Waals surface area contributed by atoms with E-state index < -0.39 is 5.60 Å². The zero-order chi connectivity index (χ0) is 15.7. The number of hydrogen-bond donors (Lipinski definition) is 1. The maximum Gasteiger partial charge on any atom is 0.407 e. The molecule has 1 heterocycles. The Balaban J connectivity index is 2.12. The van der Waals surface area contributed by atoms with Gasteiger partial charge in [-0.15, -0.1) is 0 Å². The van der Waals surface area contributed by atoms with Crippen LogP contribution in [-0.4, -0.2) is 62.0 Å². The van der Waals surface area contributed by atoms with E-state index >= 15 is 0 Å². The molecule has 8 heteroatoms. The van der Waals surface area contributed by atoms with E-state index in [1.807, 2.05) is 20.8 Å². The summed E-state index contributed by atoms with van der Waals surface area (Å²) in [6.45, 7) is 9.49. The van der Waals surface area contributed by atoms with Crippen LogP contribution in [0.3, 0.4) is 0 Å². The Morgan fingerprint density at radius 2 is 2.24 bits per heavy atom. The van der Waals surface area contributed by atoms with E-state index in [0.717, 1.165) is 26.1 Å². The molecule has 0 spiro atoms. The fourth-order valence-corrected chi connectivity index (χ4v) is 2.07. The molecule has 0 radical (unpaired) electrons. The number of carbonyl (C=O) groups is 1. The highest BCUT2D eigenvalue weighted by Gasteiger charge is 2.25. The van der Waals surface area contributed by atoms with Crippen molar-refractivity contribution in [2.24, 2.45) is 5.11 Å². The number of hydrogen-bond acceptors (Lipinski definition) is 5. The second-order valence-electron chi connectivity index (χ2n) is 6.00. The van der Waals surface area contributed by atoms with E-state index in [2.05, 4.69) is 20.2 Å². The number of amides is 1. The first-order valence-corrected chi connectivity index (χ1v) is 7.21. The highest BCUT2D eigenvalue weighted by atomic mass is 16.6. The van der Waals surface area contributed by atoms with Gasteiger partial charge in [-0.2, -0.15) is 0 Å². The van der Waals surface area contributed by atoms with E-state index in [9.17, 15) is 4.79 Å². The number of rotatable bonds is 7. The predicted octanol–water partition coefficient (Wildman–Crippen LogP) is 1.91. The first kappa shape index (κ1) is 17.6. The Morgan fingerprint density at radius 1 is 1.48 bits per heavy atom. The van der Waals surface area contributed by atoms with Crippen LogP contribution < -0.4 is 5.32 Å². The number of azide groups is 1. The van der Waals surface area contributed by atoms with Gasteiger partial charge in [0.25, 0.3) is 0 Å². The van der Waals surface area contributed by atoms with Crippen LogP contribution in [0.25, 0.3) is 10.4 Å². The zero-order valence-corrected chi connectivity index (χ0v) is 13.0. The van der Waals surface area contributed by atoms with Crippen molar-refractivity contribution in [3.05, 3.63) is 10.4 Å². The maximum atomic E-state index is 11.7. The monoisotopic (exact) mass is 299 g/mol. The minimum Gasteiger partial charge on any atom is -0.444 e. The molecule has 0 aromatic rings. The van der Waals surface area contributed by atoms with Gasteiger partial charge < -0.3 is 14.8 Å². The molecular weight excluding hydrogens is 274 g/mol. The highest BCUT2D eigenvalue weighted by Crippen LogP contribution is 2.11. The van der Waals surface area contributed by atoms with E-state index in [1.54, 1.807) is 0 Å². The molecule has 1 saturated heterocycles. The van der Waals surface area contributed by atoms with Crippen molar-refractivity contribution >= 4 is 6.09 Å². The molecule has 0 aliphatic carbocycles. The van der Waals surface area contributed by atoms with Crippen LogP contribution in [0.5, 0.6) is 0 Å². The standard InChI is InChI=1S/C13H25N5O3/c1-13(2,3)21-12(19)16-11-4-6-18(10-11)7-9-20-8-5-15-17-14/h11H,4-10H2,1-3H3,(H,16,19)/t11-/m1/s1. The predicted molar refractivity (Wildman–Crippen MR) is 79.0 cm³/mol. The van der Waals surface area contributed by atoms with Crippen molar-refractivity contribution in [1.29, 1.82) is 0 Å². The molecule has 0 bridgehead atoms. The van der Waals surface area contributed by atoms with E-state index in [0.29, 0.717) is 19.8 Å². The molecule has 1 aliphatic heterocycles. The number of likely N-dealkylation sites (tertiary alicyclic amines) is 1. The lowest BCUT2D eigenvalue weighted by Gasteiger charge is -2.22. The van der Waals surface area contributed by atoms with Crippen LogP contribution in [0.15, 0.2) is 5.11 Å². The van der Waals surface area contributed by atoms with Gasteiger partial charge in [-0.05, 0) is 32.7 Å². The van der Waals surface area contributed by atoms with Gasteiger partial charge in [0.05, 0.1) is 13.2 Å². The molecule has 1 aliphatic rings. The minimum atomic E-state index is -0.470. The molecule has 1 N–H and O–H groups in total. The van der Waals surface area contributed by atoms with Crippen molar-refractivity contribution in [2.75, 3.05) is 39.4 Å². The molecule has 0 saturated carbocycles. The van der Waals surface area contributed by atoms with Gasteiger partial charge in [-0.3, -0.25) is 4.90 Å². The quantitative estimate of drug-likeness (QED) is 0.336. The topological polar surface area (TPSA) is 99.6 Å². The summed E-state index contributed by atoms with van der Waals surface area (Å²) in [5, 5.41) is 6.28. The number of nitrogens with zero attached hydrogens (tertiary/aromatic N) is 4. The molecule has 1 atom stereocenters. The van der Waals surface area contributed by atoms with Crippen molar-refractivity contribution in [2.45, 2.75) is 38.8 Å². The first-order valence-electron chi connectivity index (χ1n) is 7.21. The van der Waals surface area contributed by atoms with Crippen molar-refractivity contribution in [3.63, 3.8) is 0 Å². The van der Waals surface area contributed by atoms with Crippen LogP contribution in [0.4, 0.5) is 4.79 Å². The van der Waals surface area contributed by atoms with Gasteiger partial charge in [-0.25, -0.2) is 4.79 Å². The normalized spacial score (nSPS) is 19.1. The molecular formula is C13H25N5O3. The third-order valence-electron chi connectivity index (χ3n) is 2.94. The largest absolute Gasteiger partial charge is 0.444 e. The van der Waals surface area contributed by atoms with Crippen LogP contribution in [0.1, 0.15) is 27.2 Å². The number of alkyl carbamates (subject to hydrolysis) is 1. The van der Waals surface area contributed by atoms with E-state index in [-0.39, 0.29) is 12.1 Å². The molecule has 0 aromatic carbocycles. The summed E-state index contributed by atoms with van der Waals surface area (Å²) in [7, 11) is 0. The Labute approximate surface area is 125 Å². The summed E-state index contributed by atoms with van der Waals surface area (Å²) in [5.74, 6) is 0. The lowest BCUT2D eigenvalue weighted by molar-refractivity contribution is 0.0504. The lowest BCUT2D eigenvalue weighted by Crippen LogP contribution is -2.40. The number of ether oxygens (including phenoxy) is 2. The minimum absolute atomic E-state index is 0.128. The molecule has 1 rings (SSSR count). The zero-order valence-electron chi connectivity index (χ0n) is 13.0. The molecule has 1 fully saturated rings. The molecule has 120 valence electrons. The van der Waals surface area contributed by atoms with Crippen LogP contribution in [0, 0.1) is 0 Å². The molecule has 21 heavy (non-hydrogen) atoms. The summed E-state index contributed by atoms with van der Waals surface area (Å²) in [6, 6.07) is 0.128. The van der Waals surface area contributed by atoms with Crippen LogP contribution in [-0.2, 0) is 9.47 Å². The van der Waals surface area contributed by atoms with Gasteiger partial charge >= 0.3 is 6.09 Å². The highest BCUT2D eigenvalue weighted by molar-refractivity contribution is 5.68. The fourth-order valence-electron chi connectivity index (χ4n) is 2.07. The summed E-state index contributed by atoms with van der Waals surface area (Å²) in [5.41, 5.74) is 7.65. The summed E-state index contributed by atoms with van der Waals surface area (Å²) in [6.07, 6.45) is 0.554. The number of carbonyl (C=O) groups excluding carboxylic acids is 1. The van der Waals surface area contributed by atoms with Crippen LogP contribution in [0.2, 0.25) is 0 Å². The third-order valence-corrected chi connectivity index (χ3v) is 2.94. The second kappa shape index (κ2) is 8.71. The molecule has 1 amide bonds. The Hall–Kier alpha value is -1.50. The lowest BCUT2D eigenvalue weighted by atomic mass is 10.2. The Morgan fingerprint density at radius 3 is 2.90 bits per heavy atom. The molecule has 0 aromatic heterocycles. The summed E-state index contributed by atoms with van der Waals surface area (Å²) >= 11 is 0. The average Bonchev–Trinajstić information content (AvgIpc) is 2.78. The third kappa shape index (κ3) is 8.39. The Bertz CT molecular complexity index is 376. The maximum absolute atomic E-state index is 11.7. The first-order chi connectivity index (χ1) is 9.90. The van der Waals surface area contributed by atoms with Gasteiger partial charge in [0.2, 0.25) is 0 Å².